The van der Waals surface area contributed by atoms with Gasteiger partial charge in [0.25, 0.3) is 0 Å². The lowest BCUT2D eigenvalue weighted by Crippen LogP contribution is -2.42. The van der Waals surface area contributed by atoms with Crippen molar-refractivity contribution >= 4 is 0 Å². The van der Waals surface area contributed by atoms with Crippen molar-refractivity contribution in [1.29, 1.82) is 0 Å². The Labute approximate surface area is 111 Å². The van der Waals surface area contributed by atoms with Gasteiger partial charge in [-0.3, -0.25) is 4.90 Å². The first kappa shape index (κ1) is 13.6. The summed E-state index contributed by atoms with van der Waals surface area (Å²) in [6.45, 7) is 7.68. The smallest absolute Gasteiger partial charge is 0.0221 e. The summed E-state index contributed by atoms with van der Waals surface area (Å²) in [7, 11) is 0. The Morgan fingerprint density at radius 2 is 1.67 bits per heavy atom. The van der Waals surface area contributed by atoms with E-state index >= 15 is 0 Å². The molecule has 0 saturated heterocycles. The number of nitrogens with zero attached hydrogens (tertiary/aromatic N) is 1. The predicted octanol–water partition coefficient (Wildman–Crippen LogP) is 2.46. The Morgan fingerprint density at radius 1 is 1.11 bits per heavy atom. The van der Waals surface area contributed by atoms with Crippen molar-refractivity contribution in [1.82, 2.24) is 4.90 Å². The molecule has 18 heavy (non-hydrogen) atoms. The summed E-state index contributed by atoms with van der Waals surface area (Å²) in [6.07, 6.45) is 3.56. The van der Waals surface area contributed by atoms with Gasteiger partial charge in [-0.15, -0.1) is 0 Å². The summed E-state index contributed by atoms with van der Waals surface area (Å²) in [5, 5.41) is 0. The van der Waals surface area contributed by atoms with Crippen LogP contribution in [0.5, 0.6) is 0 Å². The Bertz CT molecular complexity index is 346. The van der Waals surface area contributed by atoms with Crippen LogP contribution in [0.2, 0.25) is 0 Å². The van der Waals surface area contributed by atoms with Crippen LogP contribution >= 0.6 is 0 Å². The molecular formula is C16H26N2. The zero-order valence-electron chi connectivity index (χ0n) is 11.7. The van der Waals surface area contributed by atoms with Gasteiger partial charge in [0.2, 0.25) is 0 Å². The molecule has 1 aromatic carbocycles. The van der Waals surface area contributed by atoms with Gasteiger partial charge >= 0.3 is 0 Å². The van der Waals surface area contributed by atoms with Crippen molar-refractivity contribution < 1.29 is 0 Å². The Balaban J connectivity index is 2.02. The molecule has 2 nitrogen and oxygen atoms in total. The predicted molar refractivity (Wildman–Crippen MR) is 77.7 cm³/mol. The highest BCUT2D eigenvalue weighted by molar-refractivity contribution is 5.28. The maximum absolute atomic E-state index is 5.97. The molecule has 1 heterocycles. The number of benzene rings is 1. The standard InChI is InChI=1S/C16H26N2/c1-13(2)11-16(12-17)18-9-7-14-5-3-4-6-15(14)8-10-18/h3-6,13,16H,7-12,17H2,1-2H3. The van der Waals surface area contributed by atoms with E-state index in [1.54, 1.807) is 0 Å². The van der Waals surface area contributed by atoms with E-state index in [1.165, 1.54) is 30.4 Å². The number of hydrogen-bond acceptors (Lipinski definition) is 2. The molecule has 1 atom stereocenters. The molecule has 0 radical (unpaired) electrons. The third-order valence-electron chi connectivity index (χ3n) is 3.99. The number of rotatable bonds is 4. The normalized spacial score (nSPS) is 18.4. The van der Waals surface area contributed by atoms with Gasteiger partial charge < -0.3 is 5.73 Å². The molecule has 0 saturated carbocycles. The van der Waals surface area contributed by atoms with Crippen molar-refractivity contribution in [2.75, 3.05) is 19.6 Å². The van der Waals surface area contributed by atoms with E-state index in [0.29, 0.717) is 6.04 Å². The Hall–Kier alpha value is -0.860. The topological polar surface area (TPSA) is 29.3 Å². The van der Waals surface area contributed by atoms with Gasteiger partial charge in [0.15, 0.2) is 0 Å². The quantitative estimate of drug-likeness (QED) is 0.884. The van der Waals surface area contributed by atoms with Crippen LogP contribution in [0, 0.1) is 5.92 Å². The summed E-state index contributed by atoms with van der Waals surface area (Å²) in [4.78, 5) is 2.60. The fourth-order valence-corrected chi connectivity index (χ4v) is 2.99. The van der Waals surface area contributed by atoms with Gasteiger partial charge in [0.05, 0.1) is 0 Å². The fourth-order valence-electron chi connectivity index (χ4n) is 2.99. The van der Waals surface area contributed by atoms with Crippen molar-refractivity contribution in [3.63, 3.8) is 0 Å². The van der Waals surface area contributed by atoms with Crippen LogP contribution in [0.3, 0.4) is 0 Å². The van der Waals surface area contributed by atoms with Crippen LogP contribution in [0.25, 0.3) is 0 Å². The minimum Gasteiger partial charge on any atom is -0.329 e. The number of fused-ring (bicyclic) bond motifs is 1. The number of nitrogens with two attached hydrogens (primary N) is 1. The molecule has 100 valence electrons. The molecular weight excluding hydrogens is 220 g/mol. The van der Waals surface area contributed by atoms with Gasteiger partial charge in [-0.2, -0.15) is 0 Å². The zero-order chi connectivity index (χ0) is 13.0. The summed E-state index contributed by atoms with van der Waals surface area (Å²) in [5.74, 6) is 0.726. The molecule has 1 aliphatic heterocycles. The van der Waals surface area contributed by atoms with Crippen LogP contribution in [-0.4, -0.2) is 30.6 Å². The van der Waals surface area contributed by atoms with E-state index in [2.05, 4.69) is 43.0 Å². The molecule has 0 spiro atoms. The summed E-state index contributed by atoms with van der Waals surface area (Å²) in [6, 6.07) is 9.42. The lowest BCUT2D eigenvalue weighted by Gasteiger charge is -2.30. The molecule has 0 amide bonds. The molecule has 1 aromatic rings. The van der Waals surface area contributed by atoms with Gasteiger partial charge in [-0.05, 0) is 36.3 Å². The van der Waals surface area contributed by atoms with Crippen LogP contribution in [-0.2, 0) is 12.8 Å². The van der Waals surface area contributed by atoms with Crippen molar-refractivity contribution in [2.24, 2.45) is 11.7 Å². The molecule has 0 bridgehead atoms. The highest BCUT2D eigenvalue weighted by Gasteiger charge is 2.21. The Kier molecular flexibility index (Phi) is 4.79. The summed E-state index contributed by atoms with van der Waals surface area (Å²) in [5.41, 5.74) is 9.02. The minimum absolute atomic E-state index is 0.555. The molecule has 2 heteroatoms. The molecule has 1 aliphatic rings. The van der Waals surface area contributed by atoms with Gasteiger partial charge in [-0.25, -0.2) is 0 Å². The lowest BCUT2D eigenvalue weighted by atomic mass is 10.0. The summed E-state index contributed by atoms with van der Waals surface area (Å²) < 4.78 is 0. The third kappa shape index (κ3) is 3.33. The Morgan fingerprint density at radius 3 is 2.11 bits per heavy atom. The highest BCUT2D eigenvalue weighted by atomic mass is 15.2. The van der Waals surface area contributed by atoms with E-state index in [0.717, 1.165) is 25.6 Å². The van der Waals surface area contributed by atoms with Crippen LogP contribution in [0.4, 0.5) is 0 Å². The zero-order valence-corrected chi connectivity index (χ0v) is 11.7. The SMILES string of the molecule is CC(C)CC(CN)N1CCc2ccccc2CC1. The van der Waals surface area contributed by atoms with Crippen molar-refractivity contribution in [3.05, 3.63) is 35.4 Å². The van der Waals surface area contributed by atoms with E-state index in [1.807, 2.05) is 0 Å². The molecule has 1 unspecified atom stereocenters. The first-order valence-corrected chi connectivity index (χ1v) is 7.21. The van der Waals surface area contributed by atoms with Crippen LogP contribution in [0.15, 0.2) is 24.3 Å². The number of hydrogen-bond donors (Lipinski definition) is 1. The monoisotopic (exact) mass is 246 g/mol. The van der Waals surface area contributed by atoms with Crippen LogP contribution in [0.1, 0.15) is 31.4 Å². The third-order valence-corrected chi connectivity index (χ3v) is 3.99. The first-order valence-electron chi connectivity index (χ1n) is 7.21. The first-order chi connectivity index (χ1) is 8.70. The van der Waals surface area contributed by atoms with Crippen molar-refractivity contribution in [3.8, 4) is 0 Å². The van der Waals surface area contributed by atoms with Gasteiger partial charge in [0, 0.05) is 25.7 Å². The molecule has 2 rings (SSSR count). The fraction of sp³-hybridized carbons (Fsp3) is 0.625. The molecule has 2 N–H and O–H groups in total. The highest BCUT2D eigenvalue weighted by Crippen LogP contribution is 2.19. The van der Waals surface area contributed by atoms with Crippen LogP contribution < -0.4 is 5.73 Å². The molecule has 0 fully saturated rings. The average molecular weight is 246 g/mol. The average Bonchev–Trinajstić information content (AvgIpc) is 2.58. The maximum atomic E-state index is 5.97. The second-order valence-electron chi connectivity index (χ2n) is 5.82. The lowest BCUT2D eigenvalue weighted by molar-refractivity contribution is 0.185. The summed E-state index contributed by atoms with van der Waals surface area (Å²) >= 11 is 0. The molecule has 0 aliphatic carbocycles. The largest absolute Gasteiger partial charge is 0.329 e. The molecule has 0 aromatic heterocycles. The van der Waals surface area contributed by atoms with E-state index < -0.39 is 0 Å². The van der Waals surface area contributed by atoms with Gasteiger partial charge in [0.1, 0.15) is 0 Å². The van der Waals surface area contributed by atoms with E-state index in [-0.39, 0.29) is 0 Å². The van der Waals surface area contributed by atoms with E-state index in [9.17, 15) is 0 Å². The minimum atomic E-state index is 0.555. The second-order valence-corrected chi connectivity index (χ2v) is 5.82. The van der Waals surface area contributed by atoms with E-state index in [4.69, 9.17) is 5.73 Å². The maximum Gasteiger partial charge on any atom is 0.0221 e. The van der Waals surface area contributed by atoms with Gasteiger partial charge in [-0.1, -0.05) is 38.1 Å². The second kappa shape index (κ2) is 6.35. The van der Waals surface area contributed by atoms with Crippen molar-refractivity contribution in [2.45, 2.75) is 39.2 Å².